The highest BCUT2D eigenvalue weighted by molar-refractivity contribution is 14.0. The maximum absolute atomic E-state index is 5.86. The van der Waals surface area contributed by atoms with E-state index in [-0.39, 0.29) is 29.5 Å². The smallest absolute Gasteiger partial charge is 0.0352 e. The predicted molar refractivity (Wildman–Crippen MR) is 59.1 cm³/mol. The van der Waals surface area contributed by atoms with Crippen molar-refractivity contribution in [2.75, 3.05) is 0 Å². The van der Waals surface area contributed by atoms with Crippen molar-refractivity contribution in [3.05, 3.63) is 35.9 Å². The quantitative estimate of drug-likeness (QED) is 0.774. The van der Waals surface area contributed by atoms with Crippen molar-refractivity contribution in [3.63, 3.8) is 0 Å². The van der Waals surface area contributed by atoms with Gasteiger partial charge in [-0.25, -0.2) is 0 Å². The van der Waals surface area contributed by atoms with Crippen LogP contribution in [0.3, 0.4) is 0 Å². The molecule has 1 nitrogen and oxygen atoms in total. The summed E-state index contributed by atoms with van der Waals surface area (Å²) in [6.45, 7) is 4.00. The van der Waals surface area contributed by atoms with Crippen molar-refractivity contribution in [1.82, 2.24) is 0 Å². The van der Waals surface area contributed by atoms with Gasteiger partial charge < -0.3 is 5.73 Å². The van der Waals surface area contributed by atoms with Gasteiger partial charge in [-0.05, 0) is 19.4 Å². The molecule has 0 amide bonds. The summed E-state index contributed by atoms with van der Waals surface area (Å²) in [4.78, 5) is 0. The third-order valence-corrected chi connectivity index (χ3v) is 1.52. The molecule has 0 radical (unpaired) electrons. The van der Waals surface area contributed by atoms with Gasteiger partial charge in [0.1, 0.15) is 0 Å². The summed E-state index contributed by atoms with van der Waals surface area (Å²) < 4.78 is 0. The van der Waals surface area contributed by atoms with E-state index < -0.39 is 0 Å². The highest BCUT2D eigenvalue weighted by atomic mass is 127. The lowest BCUT2D eigenvalue weighted by atomic mass is 9.96. The van der Waals surface area contributed by atoms with Crippen molar-refractivity contribution in [2.24, 2.45) is 5.73 Å². The number of benzene rings is 1. The Kier molecular flexibility index (Phi) is 4.03. The Hall–Kier alpha value is -0.0900. The van der Waals surface area contributed by atoms with E-state index in [2.05, 4.69) is 0 Å². The van der Waals surface area contributed by atoms with Crippen LogP contribution in [0.15, 0.2) is 30.3 Å². The van der Waals surface area contributed by atoms with Gasteiger partial charge in [0.15, 0.2) is 0 Å². The van der Waals surface area contributed by atoms with Crippen LogP contribution >= 0.6 is 24.0 Å². The van der Waals surface area contributed by atoms with Gasteiger partial charge in [-0.3, -0.25) is 0 Å². The zero-order valence-corrected chi connectivity index (χ0v) is 9.20. The number of hydrogen-bond donors (Lipinski definition) is 1. The number of rotatable bonds is 1. The maximum Gasteiger partial charge on any atom is 0.0352 e. The second-order valence-electron chi connectivity index (χ2n) is 3.09. The van der Waals surface area contributed by atoms with Gasteiger partial charge in [0.05, 0.1) is 0 Å². The molecule has 0 saturated carbocycles. The molecule has 0 atom stereocenters. The second-order valence-corrected chi connectivity index (χ2v) is 3.09. The van der Waals surface area contributed by atoms with Gasteiger partial charge in [0.25, 0.3) is 0 Å². The van der Waals surface area contributed by atoms with Crippen LogP contribution in [0.4, 0.5) is 0 Å². The molecule has 0 unspecified atom stereocenters. The molecular weight excluding hydrogens is 249 g/mol. The summed E-state index contributed by atoms with van der Waals surface area (Å²) in [7, 11) is 0. The zero-order chi connectivity index (χ0) is 7.61. The van der Waals surface area contributed by atoms with Crippen LogP contribution in [0.1, 0.15) is 19.4 Å². The summed E-state index contributed by atoms with van der Waals surface area (Å²) in [5, 5.41) is 0. The fourth-order valence-electron chi connectivity index (χ4n) is 0.868. The van der Waals surface area contributed by atoms with Crippen LogP contribution in [-0.2, 0) is 5.54 Å². The Bertz CT molecular complexity index is 201. The standard InChI is InChI=1S/C9H13N.HI/c1-9(2,10)8-6-4-3-5-7-8;/h3-7H,10H2,1-2H3;1H. The van der Waals surface area contributed by atoms with Gasteiger partial charge in [0.2, 0.25) is 0 Å². The molecule has 0 spiro atoms. The molecule has 0 bridgehead atoms. The molecule has 1 rings (SSSR count). The van der Waals surface area contributed by atoms with E-state index in [0.29, 0.717) is 0 Å². The summed E-state index contributed by atoms with van der Waals surface area (Å²) in [6, 6.07) is 10.1. The fraction of sp³-hybridized carbons (Fsp3) is 0.333. The third kappa shape index (κ3) is 3.20. The van der Waals surface area contributed by atoms with Crippen LogP contribution in [0.5, 0.6) is 0 Å². The first-order valence-corrected chi connectivity index (χ1v) is 3.45. The molecule has 1 aromatic carbocycles. The van der Waals surface area contributed by atoms with Gasteiger partial charge in [-0.2, -0.15) is 0 Å². The lowest BCUT2D eigenvalue weighted by molar-refractivity contribution is 0.554. The van der Waals surface area contributed by atoms with Crippen LogP contribution < -0.4 is 5.73 Å². The number of halogens is 1. The van der Waals surface area contributed by atoms with Crippen molar-refractivity contribution in [1.29, 1.82) is 0 Å². The largest absolute Gasteiger partial charge is 0.322 e. The normalized spacial score (nSPS) is 10.5. The molecule has 0 saturated heterocycles. The highest BCUT2D eigenvalue weighted by Gasteiger charge is 2.11. The molecule has 0 aromatic heterocycles. The Balaban J connectivity index is 0.000001000. The fourth-order valence-corrected chi connectivity index (χ4v) is 0.868. The molecular formula is C9H14IN. The van der Waals surface area contributed by atoms with Gasteiger partial charge >= 0.3 is 0 Å². The third-order valence-electron chi connectivity index (χ3n) is 1.52. The molecule has 0 aliphatic heterocycles. The SMILES string of the molecule is CC(C)(N)c1ccccc1.I. The molecule has 0 aliphatic carbocycles. The second kappa shape index (κ2) is 4.07. The van der Waals surface area contributed by atoms with E-state index in [1.165, 1.54) is 5.56 Å². The van der Waals surface area contributed by atoms with Crippen LogP contribution in [0.2, 0.25) is 0 Å². The Morgan fingerprint density at radius 1 is 1.09 bits per heavy atom. The van der Waals surface area contributed by atoms with Gasteiger partial charge in [-0.15, -0.1) is 24.0 Å². The summed E-state index contributed by atoms with van der Waals surface area (Å²) in [6.07, 6.45) is 0. The predicted octanol–water partition coefficient (Wildman–Crippen LogP) is 2.50. The lowest BCUT2D eigenvalue weighted by Gasteiger charge is -2.18. The Morgan fingerprint density at radius 2 is 1.55 bits per heavy atom. The van der Waals surface area contributed by atoms with Gasteiger partial charge in [-0.1, -0.05) is 30.3 Å². The minimum Gasteiger partial charge on any atom is -0.322 e. The van der Waals surface area contributed by atoms with E-state index in [9.17, 15) is 0 Å². The molecule has 0 fully saturated rings. The van der Waals surface area contributed by atoms with E-state index in [0.717, 1.165) is 0 Å². The summed E-state index contributed by atoms with van der Waals surface area (Å²) in [5.74, 6) is 0. The van der Waals surface area contributed by atoms with E-state index in [1.54, 1.807) is 0 Å². The average Bonchev–Trinajstić information content (AvgIpc) is 1.88. The van der Waals surface area contributed by atoms with Crippen LogP contribution in [0.25, 0.3) is 0 Å². The lowest BCUT2D eigenvalue weighted by Crippen LogP contribution is -2.28. The van der Waals surface area contributed by atoms with Crippen molar-refractivity contribution >= 4 is 24.0 Å². The first-order chi connectivity index (χ1) is 4.61. The molecule has 2 N–H and O–H groups in total. The number of hydrogen-bond acceptors (Lipinski definition) is 1. The van der Waals surface area contributed by atoms with Gasteiger partial charge in [0, 0.05) is 5.54 Å². The molecule has 11 heavy (non-hydrogen) atoms. The van der Waals surface area contributed by atoms with Crippen molar-refractivity contribution < 1.29 is 0 Å². The van der Waals surface area contributed by atoms with Crippen molar-refractivity contribution in [3.8, 4) is 0 Å². The first-order valence-electron chi connectivity index (χ1n) is 3.45. The molecule has 0 heterocycles. The topological polar surface area (TPSA) is 26.0 Å². The summed E-state index contributed by atoms with van der Waals surface area (Å²) >= 11 is 0. The van der Waals surface area contributed by atoms with E-state index >= 15 is 0 Å². The zero-order valence-electron chi connectivity index (χ0n) is 6.87. The van der Waals surface area contributed by atoms with E-state index in [1.807, 2.05) is 44.2 Å². The van der Waals surface area contributed by atoms with Crippen LogP contribution in [-0.4, -0.2) is 0 Å². The minimum absolute atomic E-state index is 0. The Labute approximate surface area is 85.0 Å². The highest BCUT2D eigenvalue weighted by Crippen LogP contribution is 2.14. The minimum atomic E-state index is -0.207. The molecule has 2 heteroatoms. The molecule has 0 aliphatic rings. The van der Waals surface area contributed by atoms with E-state index in [4.69, 9.17) is 5.73 Å². The molecule has 1 aromatic rings. The average molecular weight is 263 g/mol. The monoisotopic (exact) mass is 263 g/mol. The van der Waals surface area contributed by atoms with Crippen molar-refractivity contribution in [2.45, 2.75) is 19.4 Å². The number of nitrogens with two attached hydrogens (primary N) is 1. The summed E-state index contributed by atoms with van der Waals surface area (Å²) in [5.41, 5.74) is 6.83. The maximum atomic E-state index is 5.86. The van der Waals surface area contributed by atoms with Crippen LogP contribution in [0, 0.1) is 0 Å². The molecule has 62 valence electrons. The Morgan fingerprint density at radius 3 is 1.82 bits per heavy atom. The first kappa shape index (κ1) is 10.9.